The number of oxime groups is 1. The molecule has 1 saturated carbocycles. The van der Waals surface area contributed by atoms with Gasteiger partial charge in [0.2, 0.25) is 5.88 Å². The lowest BCUT2D eigenvalue weighted by Crippen LogP contribution is -2.51. The van der Waals surface area contributed by atoms with E-state index in [0.717, 1.165) is 37.8 Å². The molecular formula is C21H24Cl2N4O2. The zero-order valence-corrected chi connectivity index (χ0v) is 17.6. The maximum atomic E-state index is 9.62. The lowest BCUT2D eigenvalue weighted by molar-refractivity contribution is 0.132. The van der Waals surface area contributed by atoms with Crippen molar-refractivity contribution in [2.75, 3.05) is 26.2 Å². The number of piperazine rings is 1. The molecule has 0 spiro atoms. The normalized spacial score (nSPS) is 19.0. The second kappa shape index (κ2) is 9.20. The average molecular weight is 435 g/mol. The summed E-state index contributed by atoms with van der Waals surface area (Å²) >= 11 is 12.1. The van der Waals surface area contributed by atoms with Crippen LogP contribution in [0.5, 0.6) is 11.6 Å². The van der Waals surface area contributed by atoms with Crippen molar-refractivity contribution in [1.82, 2.24) is 14.8 Å². The van der Waals surface area contributed by atoms with Crippen molar-refractivity contribution < 1.29 is 9.94 Å². The minimum Gasteiger partial charge on any atom is -0.437 e. The Morgan fingerprint density at radius 3 is 2.48 bits per heavy atom. The number of rotatable bonds is 4. The number of halogens is 2. The Morgan fingerprint density at radius 2 is 1.83 bits per heavy atom. The fourth-order valence-electron chi connectivity index (χ4n) is 4.11. The van der Waals surface area contributed by atoms with E-state index >= 15 is 0 Å². The number of hydrogen-bond acceptors (Lipinski definition) is 5. The van der Waals surface area contributed by atoms with Gasteiger partial charge in [-0.25, -0.2) is 4.98 Å². The van der Waals surface area contributed by atoms with Crippen LogP contribution < -0.4 is 4.74 Å². The zero-order chi connectivity index (χ0) is 20.2. The van der Waals surface area contributed by atoms with Crippen LogP contribution in [0.3, 0.4) is 0 Å². The minimum absolute atomic E-state index is 0.390. The predicted octanol–water partition coefficient (Wildman–Crippen LogP) is 4.88. The minimum atomic E-state index is 0.390. The summed E-state index contributed by atoms with van der Waals surface area (Å²) in [4.78, 5) is 9.01. The lowest BCUT2D eigenvalue weighted by Gasteiger charge is -2.39. The number of aromatic nitrogens is 1. The van der Waals surface area contributed by atoms with Crippen LogP contribution in [-0.2, 0) is 0 Å². The lowest BCUT2D eigenvalue weighted by atomic mass is 10.1. The maximum Gasteiger partial charge on any atom is 0.219 e. The van der Waals surface area contributed by atoms with Crippen LogP contribution in [-0.4, -0.2) is 58.0 Å². The van der Waals surface area contributed by atoms with E-state index in [4.69, 9.17) is 27.9 Å². The van der Waals surface area contributed by atoms with E-state index in [1.807, 2.05) is 6.07 Å². The number of hydrogen-bond donors (Lipinski definition) is 1. The number of benzene rings is 1. The molecule has 2 heterocycles. The number of ether oxygens (including phenoxy) is 1. The Kier molecular flexibility index (Phi) is 6.43. The molecule has 6 nitrogen and oxygen atoms in total. The summed E-state index contributed by atoms with van der Waals surface area (Å²) in [6, 6.07) is 9.30. The molecule has 1 saturated heterocycles. The van der Waals surface area contributed by atoms with Crippen molar-refractivity contribution in [3.63, 3.8) is 0 Å². The molecule has 2 fully saturated rings. The molecule has 2 aliphatic rings. The molecule has 1 N–H and O–H groups in total. The van der Waals surface area contributed by atoms with Gasteiger partial charge in [-0.3, -0.25) is 4.90 Å². The van der Waals surface area contributed by atoms with Gasteiger partial charge in [0.05, 0.1) is 5.02 Å². The predicted molar refractivity (Wildman–Crippen MR) is 114 cm³/mol. The molecule has 1 aliphatic carbocycles. The second-order valence-corrected chi connectivity index (χ2v) is 8.29. The van der Waals surface area contributed by atoms with Crippen molar-refractivity contribution in [2.24, 2.45) is 5.16 Å². The Labute approximate surface area is 180 Å². The Morgan fingerprint density at radius 1 is 1.07 bits per heavy atom. The summed E-state index contributed by atoms with van der Waals surface area (Å²) in [5.74, 6) is 1.37. The molecule has 1 aromatic heterocycles. The quantitative estimate of drug-likeness (QED) is 0.321. The number of amidine groups is 1. The third kappa shape index (κ3) is 4.77. The monoisotopic (exact) mass is 434 g/mol. The van der Waals surface area contributed by atoms with Crippen molar-refractivity contribution in [3.05, 3.63) is 52.1 Å². The molecule has 29 heavy (non-hydrogen) atoms. The van der Waals surface area contributed by atoms with E-state index in [9.17, 15) is 5.21 Å². The number of pyridine rings is 1. The first kappa shape index (κ1) is 20.3. The highest BCUT2D eigenvalue weighted by atomic mass is 35.5. The molecule has 154 valence electrons. The van der Waals surface area contributed by atoms with Gasteiger partial charge in [0.15, 0.2) is 5.84 Å². The fourth-order valence-corrected chi connectivity index (χ4v) is 4.43. The standard InChI is InChI=1S/C21H24Cl2N4O2/c22-16-6-7-18(23)19(13-16)29-20-8-5-15(14-24-20)21(25-28)27-11-9-26(10-12-27)17-3-1-2-4-17/h5-8,13-14,17,28H,1-4,9-12H2/b25-21-. The van der Waals surface area contributed by atoms with Crippen molar-refractivity contribution >= 4 is 29.0 Å². The molecule has 4 rings (SSSR count). The van der Waals surface area contributed by atoms with Crippen molar-refractivity contribution in [3.8, 4) is 11.6 Å². The van der Waals surface area contributed by atoms with Gasteiger partial charge in [0.25, 0.3) is 0 Å². The van der Waals surface area contributed by atoms with Crippen LogP contribution >= 0.6 is 23.2 Å². The third-order valence-corrected chi connectivity index (χ3v) is 6.20. The summed E-state index contributed by atoms with van der Waals surface area (Å²) in [6.07, 6.45) is 6.95. The van der Waals surface area contributed by atoms with Gasteiger partial charge in [0, 0.05) is 61.1 Å². The largest absolute Gasteiger partial charge is 0.437 e. The average Bonchev–Trinajstić information content (AvgIpc) is 3.28. The molecule has 1 aliphatic heterocycles. The molecule has 0 radical (unpaired) electrons. The molecular weight excluding hydrogens is 411 g/mol. The maximum absolute atomic E-state index is 9.62. The smallest absolute Gasteiger partial charge is 0.219 e. The topological polar surface area (TPSA) is 61.2 Å². The van der Waals surface area contributed by atoms with Crippen LogP contribution in [0.25, 0.3) is 0 Å². The first-order chi connectivity index (χ1) is 14.1. The van der Waals surface area contributed by atoms with Gasteiger partial charge < -0.3 is 14.8 Å². The van der Waals surface area contributed by atoms with Gasteiger partial charge in [-0.05, 0) is 31.0 Å². The van der Waals surface area contributed by atoms with Gasteiger partial charge in [0.1, 0.15) is 5.75 Å². The molecule has 0 unspecified atom stereocenters. The second-order valence-electron chi connectivity index (χ2n) is 7.45. The summed E-state index contributed by atoms with van der Waals surface area (Å²) in [5, 5.41) is 14.2. The van der Waals surface area contributed by atoms with Gasteiger partial charge in [-0.15, -0.1) is 0 Å². The van der Waals surface area contributed by atoms with E-state index in [-0.39, 0.29) is 0 Å². The Balaban J connectivity index is 1.40. The van der Waals surface area contributed by atoms with E-state index in [2.05, 4.69) is 19.9 Å². The van der Waals surface area contributed by atoms with E-state index in [0.29, 0.717) is 27.5 Å². The Hall–Kier alpha value is -2.02. The van der Waals surface area contributed by atoms with Crippen molar-refractivity contribution in [1.29, 1.82) is 0 Å². The fraction of sp³-hybridized carbons (Fsp3) is 0.429. The van der Waals surface area contributed by atoms with E-state index in [1.165, 1.54) is 25.7 Å². The molecule has 0 bridgehead atoms. The van der Waals surface area contributed by atoms with E-state index < -0.39 is 0 Å². The molecule has 0 atom stereocenters. The summed E-state index contributed by atoms with van der Waals surface area (Å²) in [7, 11) is 0. The molecule has 0 amide bonds. The highest BCUT2D eigenvalue weighted by molar-refractivity contribution is 6.34. The first-order valence-electron chi connectivity index (χ1n) is 9.94. The highest BCUT2D eigenvalue weighted by Crippen LogP contribution is 2.31. The van der Waals surface area contributed by atoms with Gasteiger partial charge in [-0.2, -0.15) is 0 Å². The van der Waals surface area contributed by atoms with Crippen LogP contribution in [0.15, 0.2) is 41.7 Å². The third-order valence-electron chi connectivity index (χ3n) is 5.65. The van der Waals surface area contributed by atoms with E-state index in [1.54, 1.807) is 30.5 Å². The SMILES string of the molecule is O/N=C(/c1ccc(Oc2cc(Cl)ccc2Cl)nc1)N1CCN(C2CCCC2)CC1. The van der Waals surface area contributed by atoms with Crippen molar-refractivity contribution in [2.45, 2.75) is 31.7 Å². The molecule has 2 aromatic rings. The first-order valence-corrected chi connectivity index (χ1v) is 10.7. The summed E-state index contributed by atoms with van der Waals surface area (Å²) < 4.78 is 5.72. The highest BCUT2D eigenvalue weighted by Gasteiger charge is 2.28. The van der Waals surface area contributed by atoms with Crippen LogP contribution in [0.4, 0.5) is 0 Å². The van der Waals surface area contributed by atoms with Crippen LogP contribution in [0, 0.1) is 0 Å². The van der Waals surface area contributed by atoms with Crippen LogP contribution in [0.2, 0.25) is 10.0 Å². The van der Waals surface area contributed by atoms with Gasteiger partial charge in [-0.1, -0.05) is 41.2 Å². The van der Waals surface area contributed by atoms with Gasteiger partial charge >= 0.3 is 0 Å². The molecule has 8 heteroatoms. The number of nitrogens with zero attached hydrogens (tertiary/aromatic N) is 4. The summed E-state index contributed by atoms with van der Waals surface area (Å²) in [6.45, 7) is 3.66. The molecule has 1 aromatic carbocycles. The summed E-state index contributed by atoms with van der Waals surface area (Å²) in [5.41, 5.74) is 0.742. The Bertz CT molecular complexity index is 861. The zero-order valence-electron chi connectivity index (χ0n) is 16.1. The van der Waals surface area contributed by atoms with Crippen LogP contribution in [0.1, 0.15) is 31.2 Å².